The summed E-state index contributed by atoms with van der Waals surface area (Å²) >= 11 is 0. The van der Waals surface area contributed by atoms with Crippen LogP contribution in [0.5, 0.6) is 0 Å². The smallest absolute Gasteiger partial charge is 0.0858 e. The van der Waals surface area contributed by atoms with Gasteiger partial charge in [0.25, 0.3) is 0 Å². The predicted octanol–water partition coefficient (Wildman–Crippen LogP) is 3.29. The molecule has 1 aromatic heterocycles. The van der Waals surface area contributed by atoms with Crippen molar-refractivity contribution in [2.45, 2.75) is 32.3 Å². The van der Waals surface area contributed by atoms with Gasteiger partial charge in [-0.05, 0) is 18.6 Å². The summed E-state index contributed by atoms with van der Waals surface area (Å²) in [7, 11) is 0. The highest BCUT2D eigenvalue weighted by atomic mass is 16.5. The lowest BCUT2D eigenvalue weighted by molar-refractivity contribution is 0.0353. The molecule has 1 atom stereocenters. The molecule has 2 aromatic rings. The molecule has 0 fully saturated rings. The third kappa shape index (κ3) is 1.95. The van der Waals surface area contributed by atoms with E-state index in [0.29, 0.717) is 0 Å². The fraction of sp³-hybridized carbons (Fsp3) is 0.400. The van der Waals surface area contributed by atoms with Gasteiger partial charge in [-0.3, -0.25) is 0 Å². The van der Waals surface area contributed by atoms with Crippen LogP contribution in [-0.2, 0) is 11.2 Å². The molecule has 0 amide bonds. The maximum Gasteiger partial charge on any atom is 0.0858 e. The first-order valence-corrected chi connectivity index (χ1v) is 6.64. The molecule has 0 bridgehead atoms. The van der Waals surface area contributed by atoms with Gasteiger partial charge in [-0.25, -0.2) is 4.68 Å². The fourth-order valence-corrected chi connectivity index (χ4v) is 2.59. The van der Waals surface area contributed by atoms with Crippen LogP contribution in [0.25, 0.3) is 5.69 Å². The van der Waals surface area contributed by atoms with Gasteiger partial charge in [-0.1, -0.05) is 31.5 Å². The lowest BCUT2D eigenvalue weighted by Crippen LogP contribution is -2.17. The van der Waals surface area contributed by atoms with Gasteiger partial charge in [0.1, 0.15) is 0 Å². The van der Waals surface area contributed by atoms with Gasteiger partial charge in [-0.15, -0.1) is 0 Å². The summed E-state index contributed by atoms with van der Waals surface area (Å²) in [5.41, 5.74) is 3.72. The van der Waals surface area contributed by atoms with E-state index in [-0.39, 0.29) is 6.10 Å². The van der Waals surface area contributed by atoms with Crippen molar-refractivity contribution >= 4 is 0 Å². The van der Waals surface area contributed by atoms with Crippen molar-refractivity contribution in [3.8, 4) is 5.69 Å². The standard InChI is InChI=1S/C15H18N2O/c1-2-6-15-13-11-16-17(14(13)9-10-18-15)12-7-4-3-5-8-12/h3-5,7-8,11,15H,2,6,9-10H2,1H3. The number of nitrogens with zero attached hydrogens (tertiary/aromatic N) is 2. The van der Waals surface area contributed by atoms with Crippen molar-refractivity contribution in [3.05, 3.63) is 47.8 Å². The average molecular weight is 242 g/mol. The van der Waals surface area contributed by atoms with Gasteiger partial charge in [-0.2, -0.15) is 5.10 Å². The Morgan fingerprint density at radius 3 is 2.94 bits per heavy atom. The van der Waals surface area contributed by atoms with Gasteiger partial charge >= 0.3 is 0 Å². The van der Waals surface area contributed by atoms with Crippen LogP contribution in [0.1, 0.15) is 37.1 Å². The maximum atomic E-state index is 5.84. The van der Waals surface area contributed by atoms with Gasteiger partial charge in [0, 0.05) is 12.0 Å². The minimum atomic E-state index is 0.233. The Kier molecular flexibility index (Phi) is 3.15. The zero-order valence-electron chi connectivity index (χ0n) is 10.7. The van der Waals surface area contributed by atoms with Gasteiger partial charge in [0.15, 0.2) is 0 Å². The molecule has 1 aromatic carbocycles. The number of fused-ring (bicyclic) bond motifs is 1. The minimum Gasteiger partial charge on any atom is -0.373 e. The number of hydrogen-bond donors (Lipinski definition) is 0. The van der Waals surface area contributed by atoms with E-state index >= 15 is 0 Å². The Bertz CT molecular complexity index is 519. The number of aromatic nitrogens is 2. The lowest BCUT2D eigenvalue weighted by atomic mass is 10.0. The molecular weight excluding hydrogens is 224 g/mol. The van der Waals surface area contributed by atoms with E-state index in [1.807, 2.05) is 24.4 Å². The van der Waals surface area contributed by atoms with E-state index in [9.17, 15) is 0 Å². The van der Waals surface area contributed by atoms with Crippen LogP contribution >= 0.6 is 0 Å². The summed E-state index contributed by atoms with van der Waals surface area (Å²) in [5, 5.41) is 4.54. The van der Waals surface area contributed by atoms with Crippen molar-refractivity contribution in [2.75, 3.05) is 6.61 Å². The van der Waals surface area contributed by atoms with Crippen LogP contribution < -0.4 is 0 Å². The van der Waals surface area contributed by atoms with Crippen molar-refractivity contribution in [3.63, 3.8) is 0 Å². The van der Waals surface area contributed by atoms with E-state index in [0.717, 1.165) is 31.6 Å². The number of para-hydroxylation sites is 1. The first kappa shape index (κ1) is 11.5. The van der Waals surface area contributed by atoms with E-state index in [2.05, 4.69) is 28.8 Å². The Labute approximate surface area is 107 Å². The summed E-state index contributed by atoms with van der Waals surface area (Å²) < 4.78 is 7.90. The molecule has 94 valence electrons. The molecule has 1 unspecified atom stereocenters. The Morgan fingerprint density at radius 1 is 1.33 bits per heavy atom. The fourth-order valence-electron chi connectivity index (χ4n) is 2.59. The third-order valence-electron chi connectivity index (χ3n) is 3.46. The zero-order chi connectivity index (χ0) is 12.4. The minimum absolute atomic E-state index is 0.233. The van der Waals surface area contributed by atoms with E-state index < -0.39 is 0 Å². The Hall–Kier alpha value is -1.61. The summed E-state index contributed by atoms with van der Waals surface area (Å²) in [5.74, 6) is 0. The highest BCUT2D eigenvalue weighted by Crippen LogP contribution is 2.31. The van der Waals surface area contributed by atoms with Crippen LogP contribution in [0.15, 0.2) is 36.5 Å². The monoisotopic (exact) mass is 242 g/mol. The van der Waals surface area contributed by atoms with E-state index in [1.165, 1.54) is 11.3 Å². The van der Waals surface area contributed by atoms with E-state index in [1.54, 1.807) is 0 Å². The van der Waals surface area contributed by atoms with Crippen molar-refractivity contribution < 1.29 is 4.74 Å². The van der Waals surface area contributed by atoms with Gasteiger partial charge in [0.2, 0.25) is 0 Å². The number of hydrogen-bond acceptors (Lipinski definition) is 2. The molecule has 0 aliphatic carbocycles. The molecule has 1 aliphatic heterocycles. The summed E-state index contributed by atoms with van der Waals surface area (Å²) in [4.78, 5) is 0. The summed E-state index contributed by atoms with van der Waals surface area (Å²) in [6.45, 7) is 3.00. The molecule has 18 heavy (non-hydrogen) atoms. The largest absolute Gasteiger partial charge is 0.373 e. The van der Waals surface area contributed by atoms with Gasteiger partial charge in [0.05, 0.1) is 30.3 Å². The molecular formula is C15H18N2O. The first-order valence-electron chi connectivity index (χ1n) is 6.64. The SMILES string of the molecule is CCCC1OCCc2c1cnn2-c1ccccc1. The summed E-state index contributed by atoms with van der Waals surface area (Å²) in [6.07, 6.45) is 5.37. The molecule has 3 heteroatoms. The maximum absolute atomic E-state index is 5.84. The highest BCUT2D eigenvalue weighted by Gasteiger charge is 2.24. The second-order valence-electron chi connectivity index (χ2n) is 4.69. The topological polar surface area (TPSA) is 27.1 Å². The summed E-state index contributed by atoms with van der Waals surface area (Å²) in [6, 6.07) is 10.3. The van der Waals surface area contributed by atoms with Crippen molar-refractivity contribution in [1.82, 2.24) is 9.78 Å². The Morgan fingerprint density at radius 2 is 2.17 bits per heavy atom. The molecule has 3 rings (SSSR count). The van der Waals surface area contributed by atoms with Crippen LogP contribution in [0.4, 0.5) is 0 Å². The van der Waals surface area contributed by atoms with Crippen LogP contribution in [0.3, 0.4) is 0 Å². The van der Waals surface area contributed by atoms with Crippen molar-refractivity contribution in [2.24, 2.45) is 0 Å². The van der Waals surface area contributed by atoms with Crippen LogP contribution in [0.2, 0.25) is 0 Å². The Balaban J connectivity index is 2.00. The predicted molar refractivity (Wildman–Crippen MR) is 70.9 cm³/mol. The van der Waals surface area contributed by atoms with Crippen LogP contribution in [-0.4, -0.2) is 16.4 Å². The molecule has 1 aliphatic rings. The third-order valence-corrected chi connectivity index (χ3v) is 3.46. The molecule has 0 spiro atoms. The molecule has 2 heterocycles. The second-order valence-corrected chi connectivity index (χ2v) is 4.69. The number of benzene rings is 1. The molecule has 0 saturated carbocycles. The normalized spacial score (nSPS) is 18.6. The molecule has 0 saturated heterocycles. The van der Waals surface area contributed by atoms with Crippen LogP contribution in [0, 0.1) is 0 Å². The molecule has 0 N–H and O–H groups in total. The lowest BCUT2D eigenvalue weighted by Gasteiger charge is -2.23. The molecule has 3 nitrogen and oxygen atoms in total. The quantitative estimate of drug-likeness (QED) is 0.825. The number of rotatable bonds is 3. The first-order chi connectivity index (χ1) is 8.90. The average Bonchev–Trinajstić information content (AvgIpc) is 2.85. The van der Waals surface area contributed by atoms with Crippen molar-refractivity contribution in [1.29, 1.82) is 0 Å². The molecule has 0 radical (unpaired) electrons. The van der Waals surface area contributed by atoms with E-state index in [4.69, 9.17) is 4.74 Å². The second kappa shape index (κ2) is 4.94. The highest BCUT2D eigenvalue weighted by molar-refractivity contribution is 5.36. The zero-order valence-corrected chi connectivity index (χ0v) is 10.7. The van der Waals surface area contributed by atoms with Gasteiger partial charge < -0.3 is 4.74 Å². The number of ether oxygens (including phenoxy) is 1.